The average molecular weight is 1800 g/mol. The van der Waals surface area contributed by atoms with E-state index in [0.29, 0.717) is 57.1 Å². The van der Waals surface area contributed by atoms with Gasteiger partial charge in [-0.3, -0.25) is 76.7 Å². The molecule has 7 aromatic rings. The minimum Gasteiger partial charge on any atom is -0.508 e. The second kappa shape index (κ2) is 48.3. The molecule has 1 aromatic heterocycles. The molecule has 0 radical (unpaired) electrons. The number of aliphatic carboxylic acids is 1. The first-order chi connectivity index (χ1) is 61.3. The number of primary amides is 1. The van der Waals surface area contributed by atoms with Crippen molar-refractivity contribution < 1.29 is 92.0 Å². The Bertz CT molecular complexity index is 5090. The lowest BCUT2D eigenvalue weighted by atomic mass is 9.90. The van der Waals surface area contributed by atoms with Crippen molar-refractivity contribution in [3.63, 3.8) is 0 Å². The fourth-order valence-electron chi connectivity index (χ4n) is 14.9. The van der Waals surface area contributed by atoms with Crippen LogP contribution in [0.3, 0.4) is 0 Å². The smallest absolute Gasteiger partial charge is 0.305 e. The maximum Gasteiger partial charge on any atom is 0.305 e. The molecular formula is C93H118N16O19S. The summed E-state index contributed by atoms with van der Waals surface area (Å²) >= 11 is 0.828. The molecule has 129 heavy (non-hydrogen) atoms. The summed E-state index contributed by atoms with van der Waals surface area (Å²) in [6, 6.07) is 28.6. The number of aromatic nitrogens is 1. The van der Waals surface area contributed by atoms with Gasteiger partial charge in [-0.2, -0.15) is 0 Å². The van der Waals surface area contributed by atoms with Gasteiger partial charge in [0.05, 0.1) is 31.8 Å². The molecule has 6 aromatic carbocycles. The standard InChI is InChI=1S/C93H118N16O19S/c1-11-12-32-74-90(126)107(8)51-77(113)97-70(47-80(116)117)86(122)104-81(56(4)5)87(123)100-68(42-57-24-16-13-17-25-57)84(120)101-71(45-61-35-39-64(111)40-36-61)88(124)106(7)52-78(114)105-93(6,48-62-49-95-66-31-23-22-30-65(62)66)92(128)103-69(43-60-33-37-63(110)38-34-60)85(121)99-67(41-55(2)3)83(119)102-73(82(118)96-50-76(94)112)53-129-54-79(115)98-72(44-58-26-18-14-19-27-58)89(125)109(10)75(91(127)108(74)9)46-59-28-20-15-21-29-59/h13-31,33-40,49,55-56,67-75,81,95,110-111H,11-12,32,41-48,50-54H2,1-10H3,(H2,94,112)(H,96,118)(H,97,113)(H,98,115)(H,99,121)(H,100,123)(H,101,120)(H,102,119)(H,103,128)(H,104,122)(H,105,114)(H,116,117)/t67-,68-,69-,70-,71-,72-,73-,74-,75-,81-,93?/m0/s1. The normalized spacial score (nSPS) is 22.4. The summed E-state index contributed by atoms with van der Waals surface area (Å²) in [5.74, 6) is -17.7. The second-order valence-corrected chi connectivity index (χ2v) is 34.4. The zero-order valence-electron chi connectivity index (χ0n) is 74.1. The number of nitrogens with one attached hydrogen (secondary N) is 11. The van der Waals surface area contributed by atoms with Gasteiger partial charge in [0.2, 0.25) is 88.6 Å². The lowest BCUT2D eigenvalue weighted by Gasteiger charge is -2.37. The first-order valence-corrected chi connectivity index (χ1v) is 43.8. The molecule has 1 aliphatic rings. The minimum atomic E-state index is -2.06. The van der Waals surface area contributed by atoms with E-state index in [1.54, 1.807) is 149 Å². The summed E-state index contributed by atoms with van der Waals surface area (Å²) in [7, 11) is 5.24. The molecule has 1 unspecified atom stereocenters. The Morgan fingerprint density at radius 1 is 0.504 bits per heavy atom. The van der Waals surface area contributed by atoms with E-state index in [4.69, 9.17) is 5.73 Å². The molecule has 11 atom stereocenters. The molecule has 1 saturated heterocycles. The van der Waals surface area contributed by atoms with Gasteiger partial charge >= 0.3 is 5.97 Å². The summed E-state index contributed by atoms with van der Waals surface area (Å²) in [6.45, 7) is 7.50. The van der Waals surface area contributed by atoms with Gasteiger partial charge in [0.15, 0.2) is 0 Å². The molecular weight excluding hydrogens is 1680 g/mol. The number of aromatic hydroxyl groups is 2. The summed E-state index contributed by atoms with van der Waals surface area (Å²) in [5, 5.41) is 58.3. The number of unbranched alkanes of at least 4 members (excludes halogenated alkanes) is 1. The number of hydrogen-bond acceptors (Lipinski definition) is 19. The van der Waals surface area contributed by atoms with Crippen molar-refractivity contribution in [1.29, 1.82) is 0 Å². The van der Waals surface area contributed by atoms with Crippen LogP contribution in [0.5, 0.6) is 11.5 Å². The number of H-pyrrole nitrogens is 1. The predicted molar refractivity (Wildman–Crippen MR) is 482 cm³/mol. The first kappa shape index (κ1) is 101. The molecule has 0 spiro atoms. The monoisotopic (exact) mass is 1790 g/mol. The molecule has 16 N–H and O–H groups in total. The van der Waals surface area contributed by atoms with Crippen LogP contribution in [0.2, 0.25) is 0 Å². The average Bonchev–Trinajstić information content (AvgIpc) is 1.70. The highest BCUT2D eigenvalue weighted by molar-refractivity contribution is 8.00. The predicted octanol–water partition coefficient (Wildman–Crippen LogP) is 2.37. The molecule has 1 fully saturated rings. The molecule has 15 amide bonds. The Kier molecular flexibility index (Phi) is 37.7. The molecule has 2 heterocycles. The highest BCUT2D eigenvalue weighted by atomic mass is 32.2. The summed E-state index contributed by atoms with van der Waals surface area (Å²) in [5.41, 5.74) is 7.00. The van der Waals surface area contributed by atoms with Crippen LogP contribution in [-0.2, 0) is 115 Å². The van der Waals surface area contributed by atoms with Crippen LogP contribution in [0.15, 0.2) is 170 Å². The molecule has 36 heteroatoms. The first-order valence-electron chi connectivity index (χ1n) is 42.6. The number of carboxylic acid groups (broad SMARTS) is 1. The summed E-state index contributed by atoms with van der Waals surface area (Å²) in [4.78, 5) is 242. The fraction of sp³-hybridized carbons (Fsp3) is 0.419. The minimum absolute atomic E-state index is 0.0288. The Hall–Kier alpha value is -13.7. The topological polar surface area (TPSA) is 509 Å². The summed E-state index contributed by atoms with van der Waals surface area (Å²) in [6.07, 6.45) is -0.000826. The van der Waals surface area contributed by atoms with E-state index >= 15 is 38.4 Å². The van der Waals surface area contributed by atoms with E-state index < -0.39 is 198 Å². The van der Waals surface area contributed by atoms with E-state index in [0.717, 1.165) is 21.6 Å². The van der Waals surface area contributed by atoms with Gasteiger partial charge in [-0.1, -0.05) is 181 Å². The van der Waals surface area contributed by atoms with Gasteiger partial charge < -0.3 is 98.8 Å². The highest BCUT2D eigenvalue weighted by Gasteiger charge is 2.43. The third kappa shape index (κ3) is 30.5. The van der Waals surface area contributed by atoms with Gasteiger partial charge in [-0.25, -0.2) is 0 Å². The second-order valence-electron chi connectivity index (χ2n) is 33.4. The number of nitrogens with two attached hydrogens (primary N) is 1. The van der Waals surface area contributed by atoms with E-state index in [9.17, 15) is 53.7 Å². The number of fused-ring (bicyclic) bond motifs is 1. The van der Waals surface area contributed by atoms with Gasteiger partial charge in [0, 0.05) is 89.6 Å². The molecule has 8 rings (SSSR count). The van der Waals surface area contributed by atoms with Crippen molar-refractivity contribution in [3.05, 3.63) is 203 Å². The zero-order valence-corrected chi connectivity index (χ0v) is 74.9. The third-order valence-electron chi connectivity index (χ3n) is 22.0. The Balaban J connectivity index is 1.21. The number of aromatic amines is 1. The van der Waals surface area contributed by atoms with Gasteiger partial charge in [-0.15, -0.1) is 11.8 Å². The van der Waals surface area contributed by atoms with Crippen LogP contribution < -0.4 is 58.9 Å². The number of nitrogens with zero attached hydrogens (tertiary/aromatic N) is 4. The SMILES string of the molecule is CCCC[C@H]1C(=O)N(C)CC(=O)N[C@@H](CC(=O)O)C(=O)N[C@@H](C(C)C)C(=O)N[C@@H](Cc2ccccc2)C(=O)N[C@@H](Cc2ccc(O)cc2)C(=O)N(C)CC(=O)NC(C)(Cc2c[nH]c3ccccc23)C(=O)N[C@@H](Cc2ccc(O)cc2)C(=O)N[C@@H](CC(C)C)C(=O)N[C@H](C(=O)NCC(N)=O)CSCC(=O)N[C@@H](Cc2ccccc2)C(=O)N(C)[C@@H](Cc2ccccc2)C(=O)N1C. The lowest BCUT2D eigenvalue weighted by Crippen LogP contribution is -2.64. The van der Waals surface area contributed by atoms with Crippen LogP contribution in [0, 0.1) is 11.8 Å². The van der Waals surface area contributed by atoms with Gasteiger partial charge in [-0.05, 0) is 95.3 Å². The van der Waals surface area contributed by atoms with E-state index in [-0.39, 0.29) is 74.5 Å². The van der Waals surface area contributed by atoms with Crippen LogP contribution in [0.1, 0.15) is 107 Å². The number of phenols is 2. The molecule has 35 nitrogen and oxygen atoms in total. The molecule has 0 saturated carbocycles. The number of carboxylic acids is 1. The number of amides is 15. The Morgan fingerprint density at radius 3 is 1.51 bits per heavy atom. The molecule has 0 bridgehead atoms. The quantitative estimate of drug-likeness (QED) is 0.0437. The number of carbonyl (C=O) groups excluding carboxylic acids is 15. The number of phenolic OH excluding ortho intramolecular Hbond substituents is 2. The molecule has 0 aliphatic carbocycles. The van der Waals surface area contributed by atoms with Crippen LogP contribution in [0.4, 0.5) is 0 Å². The third-order valence-corrected chi connectivity index (χ3v) is 23.0. The van der Waals surface area contributed by atoms with Crippen molar-refractivity contribution >= 4 is 117 Å². The number of para-hydroxylation sites is 1. The molecule has 1 aliphatic heterocycles. The van der Waals surface area contributed by atoms with Gasteiger partial charge in [0.1, 0.15) is 77.5 Å². The maximum absolute atomic E-state index is 15.7. The summed E-state index contributed by atoms with van der Waals surface area (Å²) < 4.78 is 0. The van der Waals surface area contributed by atoms with Crippen molar-refractivity contribution in [2.24, 2.45) is 17.6 Å². The number of rotatable bonds is 23. The van der Waals surface area contributed by atoms with E-state index in [1.165, 1.54) is 93.4 Å². The number of benzene rings is 6. The van der Waals surface area contributed by atoms with Crippen molar-refractivity contribution in [3.8, 4) is 11.5 Å². The number of thioether (sulfide) groups is 1. The number of likely N-dealkylation sites (N-methyl/N-ethyl adjacent to an activating group) is 4. The van der Waals surface area contributed by atoms with E-state index in [1.807, 2.05) is 6.92 Å². The van der Waals surface area contributed by atoms with Crippen molar-refractivity contribution in [2.75, 3.05) is 59.3 Å². The largest absolute Gasteiger partial charge is 0.508 e. The maximum atomic E-state index is 15.7. The Morgan fingerprint density at radius 2 is 0.969 bits per heavy atom. The van der Waals surface area contributed by atoms with Crippen LogP contribution >= 0.6 is 11.8 Å². The lowest BCUT2D eigenvalue weighted by molar-refractivity contribution is -0.151. The fourth-order valence-corrected chi connectivity index (χ4v) is 15.8. The van der Waals surface area contributed by atoms with Crippen molar-refractivity contribution in [1.82, 2.24) is 77.8 Å². The number of hydrogen-bond donors (Lipinski definition) is 15. The molecule has 690 valence electrons. The van der Waals surface area contributed by atoms with E-state index in [2.05, 4.69) is 58.2 Å². The van der Waals surface area contributed by atoms with Crippen LogP contribution in [-0.4, -0.2) is 260 Å². The zero-order chi connectivity index (χ0) is 94.3. The highest BCUT2D eigenvalue weighted by Crippen LogP contribution is 2.26. The Labute approximate surface area is 753 Å². The van der Waals surface area contributed by atoms with Crippen LogP contribution in [0.25, 0.3) is 10.9 Å². The number of carbonyl (C=O) groups is 16. The van der Waals surface area contributed by atoms with Crippen molar-refractivity contribution in [2.45, 2.75) is 178 Å². The van der Waals surface area contributed by atoms with Gasteiger partial charge in [0.25, 0.3) is 0 Å².